The van der Waals surface area contributed by atoms with Crippen molar-refractivity contribution in [3.05, 3.63) is 0 Å². The molecule has 0 aliphatic heterocycles. The molecule has 0 spiro atoms. The summed E-state index contributed by atoms with van der Waals surface area (Å²) in [7, 11) is 12.0. The van der Waals surface area contributed by atoms with Crippen LogP contribution in [0.4, 0.5) is 0 Å². The van der Waals surface area contributed by atoms with Gasteiger partial charge in [-0.05, 0) is 57.4 Å². The fraction of sp³-hybridized carbons (Fsp3) is 0.957. The van der Waals surface area contributed by atoms with Crippen LogP contribution in [0.5, 0.6) is 0 Å². The Hall–Kier alpha value is -0.610. The molecule has 166 valence electrons. The minimum atomic E-state index is 0.112. The van der Waals surface area contributed by atoms with E-state index in [0.29, 0.717) is 17.3 Å². The number of carbonyl (C=O) groups excluding carboxylic acids is 1. The van der Waals surface area contributed by atoms with Gasteiger partial charge >= 0.3 is 0 Å². The Kier molecular flexibility index (Phi) is 15.6. The minimum Gasteiger partial charge on any atom is -0.349 e. The van der Waals surface area contributed by atoms with Crippen LogP contribution in [-0.4, -0.2) is 76.0 Å². The van der Waals surface area contributed by atoms with Crippen molar-refractivity contribution in [3.63, 3.8) is 0 Å². The lowest BCUT2D eigenvalue weighted by atomic mass is 9.92. The fourth-order valence-corrected chi connectivity index (χ4v) is 2.12. The predicted octanol–water partition coefficient (Wildman–Crippen LogP) is 5.09. The third kappa shape index (κ3) is 36.9. The molecule has 0 saturated heterocycles. The third-order valence-electron chi connectivity index (χ3n) is 3.28. The van der Waals surface area contributed by atoms with Gasteiger partial charge in [0.15, 0.2) is 0 Å². The molecule has 0 aliphatic carbocycles. The molecule has 0 rings (SSSR count). The summed E-state index contributed by atoms with van der Waals surface area (Å²) >= 11 is 0. The summed E-state index contributed by atoms with van der Waals surface area (Å²) in [5, 5.41) is 0. The van der Waals surface area contributed by atoms with Gasteiger partial charge in [0.2, 0.25) is 5.91 Å². The molecule has 0 heterocycles. The molecule has 27 heavy (non-hydrogen) atoms. The Morgan fingerprint density at radius 2 is 1.04 bits per heavy atom. The second-order valence-electron chi connectivity index (χ2n) is 11.9. The van der Waals surface area contributed by atoms with E-state index in [-0.39, 0.29) is 11.3 Å². The highest BCUT2D eigenvalue weighted by Gasteiger charge is 2.16. The summed E-state index contributed by atoms with van der Waals surface area (Å²) < 4.78 is 0. The lowest BCUT2D eigenvalue weighted by Crippen LogP contribution is -2.26. The van der Waals surface area contributed by atoms with Crippen molar-refractivity contribution in [1.29, 1.82) is 0 Å². The SMILES string of the molecule is CN(C)C(=O)CC(C)(C)C.CN(C)CC(C)(C)C.CN(C)CCC(C)(C)C. The first-order chi connectivity index (χ1) is 11.7. The Balaban J connectivity index is -0.000000322. The predicted molar refractivity (Wildman–Crippen MR) is 123 cm³/mol. The topological polar surface area (TPSA) is 26.8 Å². The van der Waals surface area contributed by atoms with Crippen molar-refractivity contribution in [1.82, 2.24) is 14.7 Å². The molecule has 0 fully saturated rings. The molecule has 0 aromatic carbocycles. The van der Waals surface area contributed by atoms with E-state index in [9.17, 15) is 4.79 Å². The van der Waals surface area contributed by atoms with Crippen LogP contribution in [0.2, 0.25) is 0 Å². The van der Waals surface area contributed by atoms with Gasteiger partial charge in [-0.3, -0.25) is 4.79 Å². The van der Waals surface area contributed by atoms with Crippen LogP contribution in [-0.2, 0) is 4.79 Å². The molecular weight excluding hydrogens is 334 g/mol. The van der Waals surface area contributed by atoms with E-state index in [2.05, 4.69) is 100 Å². The summed E-state index contributed by atoms with van der Waals surface area (Å²) in [5.74, 6) is 0.201. The van der Waals surface area contributed by atoms with E-state index in [1.54, 1.807) is 19.0 Å². The standard InChI is InChI=1S/C8H17NO.C8H19N.C7H17N/c1-8(2,3)6-7(10)9(4)5;1-8(2,3)6-7-9(4)5;1-7(2,3)6-8(4)5/h6H2,1-5H3;6-7H2,1-5H3;6H2,1-5H3. The number of rotatable bonds is 4. The van der Waals surface area contributed by atoms with Crippen LogP contribution < -0.4 is 0 Å². The highest BCUT2D eigenvalue weighted by Crippen LogP contribution is 2.19. The van der Waals surface area contributed by atoms with E-state index < -0.39 is 0 Å². The monoisotopic (exact) mass is 387 g/mol. The second kappa shape index (κ2) is 13.5. The maximum atomic E-state index is 11.1. The van der Waals surface area contributed by atoms with Crippen molar-refractivity contribution in [3.8, 4) is 0 Å². The van der Waals surface area contributed by atoms with Gasteiger partial charge in [0.1, 0.15) is 0 Å². The normalized spacial score (nSPS) is 12.2. The molecule has 0 saturated carbocycles. The van der Waals surface area contributed by atoms with Gasteiger partial charge in [-0.1, -0.05) is 62.3 Å². The van der Waals surface area contributed by atoms with Gasteiger partial charge in [-0.2, -0.15) is 0 Å². The maximum Gasteiger partial charge on any atom is 0.222 e. The molecule has 0 aliphatic rings. The molecule has 4 heteroatoms. The molecule has 0 unspecified atom stereocenters. The van der Waals surface area contributed by atoms with Gasteiger partial charge in [0.25, 0.3) is 0 Å². The van der Waals surface area contributed by atoms with Crippen molar-refractivity contribution in [2.45, 2.75) is 75.2 Å². The summed E-state index contributed by atoms with van der Waals surface area (Å²) in [6, 6.07) is 0. The molecule has 0 aromatic heterocycles. The Morgan fingerprint density at radius 3 is 1.11 bits per heavy atom. The molecular formula is C23H53N3O. The number of hydrogen-bond donors (Lipinski definition) is 0. The summed E-state index contributed by atoms with van der Waals surface area (Å²) in [6.45, 7) is 22.1. The molecule has 0 aromatic rings. The van der Waals surface area contributed by atoms with Crippen LogP contribution >= 0.6 is 0 Å². The quantitative estimate of drug-likeness (QED) is 0.672. The van der Waals surface area contributed by atoms with Crippen LogP contribution in [0.25, 0.3) is 0 Å². The van der Waals surface area contributed by atoms with Crippen LogP contribution in [0.15, 0.2) is 0 Å². The third-order valence-corrected chi connectivity index (χ3v) is 3.28. The van der Waals surface area contributed by atoms with E-state index in [1.165, 1.54) is 13.0 Å². The van der Waals surface area contributed by atoms with Crippen LogP contribution in [0.1, 0.15) is 75.2 Å². The molecule has 1 amide bonds. The summed E-state index contributed by atoms with van der Waals surface area (Å²) in [4.78, 5) is 17.2. The van der Waals surface area contributed by atoms with Crippen molar-refractivity contribution in [2.75, 3.05) is 55.4 Å². The Labute approximate surface area is 172 Å². The molecule has 4 nitrogen and oxygen atoms in total. The zero-order valence-corrected chi connectivity index (χ0v) is 21.6. The first-order valence-electron chi connectivity index (χ1n) is 10.2. The number of carbonyl (C=O) groups is 1. The van der Waals surface area contributed by atoms with Crippen molar-refractivity contribution >= 4 is 5.91 Å². The van der Waals surface area contributed by atoms with E-state index in [4.69, 9.17) is 0 Å². The molecule has 0 atom stereocenters. The zero-order valence-electron chi connectivity index (χ0n) is 21.6. The van der Waals surface area contributed by atoms with Crippen molar-refractivity contribution in [2.24, 2.45) is 16.2 Å². The number of nitrogens with zero attached hydrogens (tertiary/aromatic N) is 3. The highest BCUT2D eigenvalue weighted by atomic mass is 16.2. The largest absolute Gasteiger partial charge is 0.349 e. The van der Waals surface area contributed by atoms with Gasteiger partial charge in [0.05, 0.1) is 0 Å². The lowest BCUT2D eigenvalue weighted by Gasteiger charge is -2.22. The second-order valence-corrected chi connectivity index (χ2v) is 11.9. The first kappa shape index (κ1) is 31.1. The van der Waals surface area contributed by atoms with Gasteiger partial charge < -0.3 is 14.7 Å². The number of amides is 1. The van der Waals surface area contributed by atoms with Crippen LogP contribution in [0, 0.1) is 16.2 Å². The summed E-state index contributed by atoms with van der Waals surface area (Å²) in [6.07, 6.45) is 1.90. The first-order valence-corrected chi connectivity index (χ1v) is 10.2. The highest BCUT2D eigenvalue weighted by molar-refractivity contribution is 5.76. The van der Waals surface area contributed by atoms with E-state index in [0.717, 1.165) is 6.54 Å². The molecule has 0 N–H and O–H groups in total. The Bertz CT molecular complexity index is 367. The van der Waals surface area contributed by atoms with Gasteiger partial charge in [-0.15, -0.1) is 0 Å². The fourth-order valence-electron chi connectivity index (χ4n) is 2.12. The smallest absolute Gasteiger partial charge is 0.222 e. The van der Waals surface area contributed by atoms with Crippen LogP contribution in [0.3, 0.4) is 0 Å². The van der Waals surface area contributed by atoms with E-state index in [1.807, 2.05) is 0 Å². The Morgan fingerprint density at radius 1 is 0.630 bits per heavy atom. The lowest BCUT2D eigenvalue weighted by molar-refractivity contribution is -0.130. The molecule has 0 radical (unpaired) electrons. The average molecular weight is 388 g/mol. The van der Waals surface area contributed by atoms with E-state index >= 15 is 0 Å². The van der Waals surface area contributed by atoms with Crippen molar-refractivity contribution < 1.29 is 4.79 Å². The van der Waals surface area contributed by atoms with Gasteiger partial charge in [-0.25, -0.2) is 0 Å². The zero-order chi connectivity index (χ0) is 22.6. The van der Waals surface area contributed by atoms with Gasteiger partial charge in [0, 0.05) is 27.1 Å². The minimum absolute atomic E-state index is 0.112. The average Bonchev–Trinajstić information content (AvgIpc) is 2.31. The maximum absolute atomic E-state index is 11.1. The summed E-state index contributed by atoms with van der Waals surface area (Å²) in [5.41, 5.74) is 1.05. The number of hydrogen-bond acceptors (Lipinski definition) is 3. The molecule has 0 bridgehead atoms.